The van der Waals surface area contributed by atoms with Crippen molar-refractivity contribution in [2.45, 2.75) is 65.8 Å². The fourth-order valence-corrected chi connectivity index (χ4v) is 4.52. The van der Waals surface area contributed by atoms with Crippen LogP contribution in [0.1, 0.15) is 71.5 Å². The van der Waals surface area contributed by atoms with Gasteiger partial charge in [0.1, 0.15) is 5.69 Å². The van der Waals surface area contributed by atoms with Gasteiger partial charge in [-0.15, -0.1) is 12.3 Å². The molecule has 3 heteroatoms. The smallest absolute Gasteiger partial charge is 0.159 e. The molecule has 0 aromatic carbocycles. The van der Waals surface area contributed by atoms with E-state index in [0.29, 0.717) is 12.0 Å². The molecule has 0 aliphatic heterocycles. The molecular formula is C21H31N3. The summed E-state index contributed by atoms with van der Waals surface area (Å²) >= 11 is 0. The SMILES string of the molecule is C#CCCC1C(CC)C(CC)CC1n1cnc(C(=C)C)c1/N=C\C. The predicted octanol–water partition coefficient (Wildman–Crippen LogP) is 5.67. The van der Waals surface area contributed by atoms with E-state index in [-0.39, 0.29) is 0 Å². The van der Waals surface area contributed by atoms with Crippen molar-refractivity contribution in [2.75, 3.05) is 0 Å². The molecule has 0 amide bonds. The van der Waals surface area contributed by atoms with E-state index >= 15 is 0 Å². The van der Waals surface area contributed by atoms with Crippen LogP contribution in [-0.4, -0.2) is 15.8 Å². The molecule has 4 atom stereocenters. The Bertz CT molecular complexity index is 632. The van der Waals surface area contributed by atoms with Crippen LogP contribution in [0.2, 0.25) is 0 Å². The van der Waals surface area contributed by atoms with Crippen molar-refractivity contribution in [1.29, 1.82) is 0 Å². The van der Waals surface area contributed by atoms with Gasteiger partial charge in [-0.05, 0) is 50.0 Å². The number of terminal acetylenes is 1. The summed E-state index contributed by atoms with van der Waals surface area (Å²) in [6, 6.07) is 0.438. The zero-order chi connectivity index (χ0) is 17.7. The molecule has 1 heterocycles. The van der Waals surface area contributed by atoms with Gasteiger partial charge in [-0.2, -0.15) is 0 Å². The largest absolute Gasteiger partial charge is 0.312 e. The second kappa shape index (κ2) is 8.33. The molecule has 0 spiro atoms. The molecule has 24 heavy (non-hydrogen) atoms. The highest BCUT2D eigenvalue weighted by molar-refractivity contribution is 5.70. The zero-order valence-electron chi connectivity index (χ0n) is 15.6. The van der Waals surface area contributed by atoms with E-state index in [4.69, 9.17) is 6.42 Å². The van der Waals surface area contributed by atoms with Crippen molar-refractivity contribution < 1.29 is 0 Å². The summed E-state index contributed by atoms with van der Waals surface area (Å²) < 4.78 is 2.30. The lowest BCUT2D eigenvalue weighted by Crippen LogP contribution is -2.19. The summed E-state index contributed by atoms with van der Waals surface area (Å²) in [6.07, 6.45) is 15.0. The van der Waals surface area contributed by atoms with Gasteiger partial charge in [0.15, 0.2) is 5.82 Å². The van der Waals surface area contributed by atoms with Crippen molar-refractivity contribution in [3.8, 4) is 12.3 Å². The summed E-state index contributed by atoms with van der Waals surface area (Å²) in [7, 11) is 0. The molecule has 0 saturated heterocycles. The zero-order valence-corrected chi connectivity index (χ0v) is 15.6. The molecule has 1 aliphatic rings. The van der Waals surface area contributed by atoms with E-state index in [1.165, 1.54) is 19.3 Å². The molecule has 0 N–H and O–H groups in total. The van der Waals surface area contributed by atoms with Crippen LogP contribution in [0.15, 0.2) is 17.9 Å². The Morgan fingerprint density at radius 3 is 2.75 bits per heavy atom. The third-order valence-corrected chi connectivity index (χ3v) is 5.59. The molecule has 130 valence electrons. The third-order valence-electron chi connectivity index (χ3n) is 5.59. The summed E-state index contributed by atoms with van der Waals surface area (Å²) in [5, 5.41) is 0. The number of aliphatic imine (C=N–C) groups is 1. The first-order valence-corrected chi connectivity index (χ1v) is 9.23. The molecule has 0 bridgehead atoms. The van der Waals surface area contributed by atoms with Gasteiger partial charge in [-0.1, -0.05) is 33.3 Å². The lowest BCUT2D eigenvalue weighted by atomic mass is 9.83. The van der Waals surface area contributed by atoms with Gasteiger partial charge in [0.05, 0.1) is 6.33 Å². The quantitative estimate of drug-likeness (QED) is 0.469. The van der Waals surface area contributed by atoms with Crippen LogP contribution in [0.4, 0.5) is 5.82 Å². The molecule has 1 aliphatic carbocycles. The minimum Gasteiger partial charge on any atom is -0.312 e. The molecule has 2 rings (SSSR count). The number of rotatable bonds is 7. The Hall–Kier alpha value is -1.82. The Kier molecular flexibility index (Phi) is 6.43. The second-order valence-corrected chi connectivity index (χ2v) is 6.94. The minimum atomic E-state index is 0.438. The van der Waals surface area contributed by atoms with Crippen molar-refractivity contribution >= 4 is 17.6 Å². The highest BCUT2D eigenvalue weighted by atomic mass is 15.2. The van der Waals surface area contributed by atoms with Crippen molar-refractivity contribution in [2.24, 2.45) is 22.7 Å². The molecule has 1 fully saturated rings. The van der Waals surface area contributed by atoms with Gasteiger partial charge in [-0.25, -0.2) is 9.98 Å². The number of imidazole rings is 1. The van der Waals surface area contributed by atoms with Crippen LogP contribution >= 0.6 is 0 Å². The normalized spacial score (nSPS) is 26.8. The Morgan fingerprint density at radius 2 is 2.21 bits per heavy atom. The standard InChI is InChI=1S/C21H31N3/c1-7-11-12-18-17(9-3)16(8-2)13-19(18)24-14-23-20(15(5)6)21(24)22-10-4/h1,10,14,16-19H,5,8-9,11-13H2,2-4,6H3/b22-10-. The second-order valence-electron chi connectivity index (χ2n) is 6.94. The van der Waals surface area contributed by atoms with E-state index in [9.17, 15) is 0 Å². The van der Waals surface area contributed by atoms with Crippen molar-refractivity contribution in [1.82, 2.24) is 9.55 Å². The molecular weight excluding hydrogens is 294 g/mol. The maximum atomic E-state index is 5.56. The summed E-state index contributed by atoms with van der Waals surface area (Å²) in [6.45, 7) is 12.6. The van der Waals surface area contributed by atoms with Gasteiger partial charge in [-0.3, -0.25) is 0 Å². The van der Waals surface area contributed by atoms with E-state index < -0.39 is 0 Å². The molecule has 1 aromatic rings. The van der Waals surface area contributed by atoms with Gasteiger partial charge in [0.2, 0.25) is 0 Å². The fraction of sp³-hybridized carbons (Fsp3) is 0.619. The Labute approximate surface area is 147 Å². The highest BCUT2D eigenvalue weighted by Crippen LogP contribution is 2.50. The number of allylic oxidation sites excluding steroid dienone is 1. The topological polar surface area (TPSA) is 30.2 Å². The maximum Gasteiger partial charge on any atom is 0.159 e. The summed E-state index contributed by atoms with van der Waals surface area (Å²) in [4.78, 5) is 9.23. The molecule has 1 aromatic heterocycles. The average Bonchev–Trinajstić information content (AvgIpc) is 3.13. The van der Waals surface area contributed by atoms with Crippen molar-refractivity contribution in [3.63, 3.8) is 0 Å². The fourth-order valence-electron chi connectivity index (χ4n) is 4.52. The predicted molar refractivity (Wildman–Crippen MR) is 104 cm³/mol. The molecule has 3 nitrogen and oxygen atoms in total. The number of hydrogen-bond donors (Lipinski definition) is 0. The first-order valence-electron chi connectivity index (χ1n) is 9.23. The van der Waals surface area contributed by atoms with Crippen LogP contribution in [0.3, 0.4) is 0 Å². The monoisotopic (exact) mass is 325 g/mol. The maximum absolute atomic E-state index is 5.56. The third kappa shape index (κ3) is 3.48. The summed E-state index contributed by atoms with van der Waals surface area (Å²) in [5.41, 5.74) is 1.88. The van der Waals surface area contributed by atoms with Gasteiger partial charge < -0.3 is 4.57 Å². The number of hydrogen-bond acceptors (Lipinski definition) is 2. The van der Waals surface area contributed by atoms with Gasteiger partial charge >= 0.3 is 0 Å². The Morgan fingerprint density at radius 1 is 1.46 bits per heavy atom. The number of aromatic nitrogens is 2. The van der Waals surface area contributed by atoms with E-state index in [0.717, 1.165) is 41.8 Å². The first-order chi connectivity index (χ1) is 11.6. The van der Waals surface area contributed by atoms with E-state index in [2.05, 4.69) is 40.9 Å². The van der Waals surface area contributed by atoms with Crippen LogP contribution in [0, 0.1) is 30.1 Å². The van der Waals surface area contributed by atoms with Crippen LogP contribution in [0.5, 0.6) is 0 Å². The molecule has 0 radical (unpaired) electrons. The highest BCUT2D eigenvalue weighted by Gasteiger charge is 2.42. The number of nitrogens with zero attached hydrogens (tertiary/aromatic N) is 3. The van der Waals surface area contributed by atoms with E-state index in [1.54, 1.807) is 0 Å². The Balaban J connectivity index is 2.44. The molecule has 4 unspecified atom stereocenters. The molecule has 1 saturated carbocycles. The summed E-state index contributed by atoms with van der Waals surface area (Å²) in [5.74, 6) is 5.89. The lowest BCUT2D eigenvalue weighted by Gasteiger charge is -2.26. The van der Waals surface area contributed by atoms with Gasteiger partial charge in [0, 0.05) is 18.7 Å². The lowest BCUT2D eigenvalue weighted by molar-refractivity contribution is 0.258. The van der Waals surface area contributed by atoms with E-state index in [1.807, 2.05) is 26.4 Å². The average molecular weight is 326 g/mol. The van der Waals surface area contributed by atoms with Crippen LogP contribution in [0.25, 0.3) is 5.57 Å². The van der Waals surface area contributed by atoms with Gasteiger partial charge in [0.25, 0.3) is 0 Å². The first kappa shape index (κ1) is 18.5. The minimum absolute atomic E-state index is 0.438. The van der Waals surface area contributed by atoms with Crippen LogP contribution in [-0.2, 0) is 0 Å². The van der Waals surface area contributed by atoms with Crippen LogP contribution < -0.4 is 0 Å². The van der Waals surface area contributed by atoms with Crippen molar-refractivity contribution in [3.05, 3.63) is 18.6 Å².